The fraction of sp³-hybridized carbons (Fsp3) is 0.650. The van der Waals surface area contributed by atoms with E-state index in [4.69, 9.17) is 16.3 Å². The molecule has 1 atom stereocenters. The number of carbonyl (C=O) groups excluding carboxylic acids is 1. The predicted octanol–water partition coefficient (Wildman–Crippen LogP) is 2.28. The first-order valence-corrected chi connectivity index (χ1v) is 10.3. The van der Waals surface area contributed by atoms with Crippen LogP contribution in [0.15, 0.2) is 24.3 Å². The first-order valence-electron chi connectivity index (χ1n) is 9.93. The molecule has 2 saturated heterocycles. The lowest BCUT2D eigenvalue weighted by molar-refractivity contribution is 0.0207. The van der Waals surface area contributed by atoms with Crippen LogP contribution in [0.1, 0.15) is 18.9 Å². The smallest absolute Gasteiger partial charge is 0.317 e. The summed E-state index contributed by atoms with van der Waals surface area (Å²) in [6.45, 7) is 10.7. The van der Waals surface area contributed by atoms with Crippen molar-refractivity contribution in [2.45, 2.75) is 25.9 Å². The summed E-state index contributed by atoms with van der Waals surface area (Å²) in [5.41, 5.74) is 1.26. The topological polar surface area (TPSA) is 48.1 Å². The Bertz CT molecular complexity index is 592. The Hall–Kier alpha value is -1.34. The lowest BCUT2D eigenvalue weighted by Crippen LogP contribution is -2.50. The van der Waals surface area contributed by atoms with Crippen LogP contribution >= 0.6 is 11.6 Å². The number of halogens is 1. The molecular weight excluding hydrogens is 364 g/mol. The third-order valence-corrected chi connectivity index (χ3v) is 5.66. The van der Waals surface area contributed by atoms with Crippen molar-refractivity contribution in [1.82, 2.24) is 20.0 Å². The molecule has 2 heterocycles. The molecule has 2 amide bonds. The molecule has 2 aliphatic heterocycles. The van der Waals surface area contributed by atoms with E-state index in [0.717, 1.165) is 70.5 Å². The van der Waals surface area contributed by atoms with Crippen molar-refractivity contribution in [2.24, 2.45) is 0 Å². The largest absolute Gasteiger partial charge is 0.379 e. The van der Waals surface area contributed by atoms with Gasteiger partial charge in [0.1, 0.15) is 0 Å². The number of ether oxygens (including phenoxy) is 1. The quantitative estimate of drug-likeness (QED) is 0.832. The zero-order valence-corrected chi connectivity index (χ0v) is 17.0. The van der Waals surface area contributed by atoms with Crippen LogP contribution in [0.5, 0.6) is 0 Å². The maximum Gasteiger partial charge on any atom is 0.317 e. The summed E-state index contributed by atoms with van der Waals surface area (Å²) in [7, 11) is 0. The Morgan fingerprint density at radius 2 is 1.85 bits per heavy atom. The van der Waals surface area contributed by atoms with Crippen LogP contribution in [0.3, 0.4) is 0 Å². The summed E-state index contributed by atoms with van der Waals surface area (Å²) in [5.74, 6) is 0. The first kappa shape index (κ1) is 20.4. The van der Waals surface area contributed by atoms with Crippen molar-refractivity contribution in [3.63, 3.8) is 0 Å². The van der Waals surface area contributed by atoms with Crippen LogP contribution < -0.4 is 5.32 Å². The second-order valence-corrected chi connectivity index (χ2v) is 7.86. The molecule has 2 aliphatic rings. The van der Waals surface area contributed by atoms with Gasteiger partial charge in [0.2, 0.25) is 0 Å². The molecule has 1 N–H and O–H groups in total. The van der Waals surface area contributed by atoms with Crippen molar-refractivity contribution in [3.05, 3.63) is 34.9 Å². The van der Waals surface area contributed by atoms with Crippen molar-refractivity contribution in [3.8, 4) is 0 Å². The Balaban J connectivity index is 1.41. The summed E-state index contributed by atoms with van der Waals surface area (Å²) >= 11 is 5.96. The van der Waals surface area contributed by atoms with E-state index in [2.05, 4.69) is 34.2 Å². The highest BCUT2D eigenvalue weighted by Gasteiger charge is 2.21. The summed E-state index contributed by atoms with van der Waals surface area (Å²) in [6.07, 6.45) is 1.00. The molecule has 7 heteroatoms. The van der Waals surface area contributed by atoms with Gasteiger partial charge in [0.05, 0.1) is 13.2 Å². The third kappa shape index (κ3) is 6.35. The van der Waals surface area contributed by atoms with Gasteiger partial charge in [-0.05, 0) is 31.0 Å². The van der Waals surface area contributed by atoms with Gasteiger partial charge in [-0.1, -0.05) is 23.7 Å². The monoisotopic (exact) mass is 394 g/mol. The van der Waals surface area contributed by atoms with Gasteiger partial charge in [0, 0.05) is 63.4 Å². The van der Waals surface area contributed by atoms with Gasteiger partial charge in [-0.15, -0.1) is 0 Å². The van der Waals surface area contributed by atoms with Crippen molar-refractivity contribution >= 4 is 17.6 Å². The van der Waals surface area contributed by atoms with Crippen LogP contribution in [-0.4, -0.2) is 85.8 Å². The molecule has 27 heavy (non-hydrogen) atoms. The maximum absolute atomic E-state index is 12.6. The molecular formula is C20H31ClN4O2. The van der Waals surface area contributed by atoms with Crippen LogP contribution in [0.2, 0.25) is 5.02 Å². The number of rotatable bonds is 5. The Kier molecular flexibility index (Phi) is 7.76. The van der Waals surface area contributed by atoms with E-state index in [-0.39, 0.29) is 6.03 Å². The number of urea groups is 1. The lowest BCUT2D eigenvalue weighted by atomic mass is 10.2. The number of hydrogen-bond donors (Lipinski definition) is 1. The van der Waals surface area contributed by atoms with Gasteiger partial charge in [0.25, 0.3) is 0 Å². The molecule has 6 nitrogen and oxygen atoms in total. The van der Waals surface area contributed by atoms with Crippen molar-refractivity contribution in [2.75, 3.05) is 59.0 Å². The fourth-order valence-corrected chi connectivity index (χ4v) is 3.80. The van der Waals surface area contributed by atoms with Crippen LogP contribution in [0, 0.1) is 0 Å². The standard InChI is InChI=1S/C20H31ClN4O2/c1-17(24-11-13-27-14-12-24)15-22-20(26)25-8-2-7-23(9-10-25)16-18-3-5-19(21)6-4-18/h3-6,17H,2,7-16H2,1H3,(H,22,26). The minimum absolute atomic E-state index is 0.0588. The number of nitrogens with one attached hydrogen (secondary N) is 1. The Morgan fingerprint density at radius 3 is 2.59 bits per heavy atom. The van der Waals surface area contributed by atoms with Gasteiger partial charge >= 0.3 is 6.03 Å². The van der Waals surface area contributed by atoms with E-state index in [0.29, 0.717) is 12.6 Å². The van der Waals surface area contributed by atoms with Gasteiger partial charge in [-0.25, -0.2) is 4.79 Å². The molecule has 0 radical (unpaired) electrons. The maximum atomic E-state index is 12.6. The molecule has 0 aliphatic carbocycles. The molecule has 0 bridgehead atoms. The number of morpholine rings is 1. The average molecular weight is 395 g/mol. The van der Waals surface area contributed by atoms with E-state index in [1.54, 1.807) is 0 Å². The van der Waals surface area contributed by atoms with E-state index in [9.17, 15) is 4.79 Å². The van der Waals surface area contributed by atoms with Gasteiger partial charge in [-0.2, -0.15) is 0 Å². The lowest BCUT2D eigenvalue weighted by Gasteiger charge is -2.32. The zero-order chi connectivity index (χ0) is 19.1. The average Bonchev–Trinajstić information content (AvgIpc) is 2.94. The SMILES string of the molecule is CC(CNC(=O)N1CCCN(Cc2ccc(Cl)cc2)CC1)N1CCOCC1. The molecule has 1 unspecified atom stereocenters. The summed E-state index contributed by atoms with van der Waals surface area (Å²) in [6, 6.07) is 8.42. The third-order valence-electron chi connectivity index (χ3n) is 5.41. The summed E-state index contributed by atoms with van der Waals surface area (Å²) in [4.78, 5) is 19.3. The number of benzene rings is 1. The highest BCUT2D eigenvalue weighted by atomic mass is 35.5. The summed E-state index contributed by atoms with van der Waals surface area (Å²) in [5, 5.41) is 3.89. The van der Waals surface area contributed by atoms with E-state index in [1.165, 1.54) is 5.56 Å². The number of amides is 2. The minimum Gasteiger partial charge on any atom is -0.379 e. The van der Waals surface area contributed by atoms with Gasteiger partial charge in [0.15, 0.2) is 0 Å². The van der Waals surface area contributed by atoms with E-state index < -0.39 is 0 Å². The van der Waals surface area contributed by atoms with Crippen LogP contribution in [-0.2, 0) is 11.3 Å². The second kappa shape index (κ2) is 10.3. The molecule has 0 saturated carbocycles. The van der Waals surface area contributed by atoms with Crippen molar-refractivity contribution in [1.29, 1.82) is 0 Å². The van der Waals surface area contributed by atoms with Crippen LogP contribution in [0.25, 0.3) is 0 Å². The molecule has 1 aromatic rings. The normalized spacial score (nSPS) is 20.9. The number of nitrogens with zero attached hydrogens (tertiary/aromatic N) is 3. The summed E-state index contributed by atoms with van der Waals surface area (Å²) < 4.78 is 5.39. The van der Waals surface area contributed by atoms with Gasteiger partial charge in [-0.3, -0.25) is 9.80 Å². The highest BCUT2D eigenvalue weighted by molar-refractivity contribution is 6.30. The molecule has 150 valence electrons. The number of carbonyl (C=O) groups is 1. The van der Waals surface area contributed by atoms with Gasteiger partial charge < -0.3 is 15.0 Å². The molecule has 0 aromatic heterocycles. The molecule has 3 rings (SSSR count). The minimum atomic E-state index is 0.0588. The fourth-order valence-electron chi connectivity index (χ4n) is 3.67. The first-order chi connectivity index (χ1) is 13.1. The van der Waals surface area contributed by atoms with Crippen molar-refractivity contribution < 1.29 is 9.53 Å². The molecule has 1 aromatic carbocycles. The molecule has 2 fully saturated rings. The predicted molar refractivity (Wildman–Crippen MR) is 108 cm³/mol. The number of hydrogen-bond acceptors (Lipinski definition) is 4. The van der Waals surface area contributed by atoms with E-state index in [1.807, 2.05) is 17.0 Å². The Morgan fingerprint density at radius 1 is 1.11 bits per heavy atom. The van der Waals surface area contributed by atoms with E-state index >= 15 is 0 Å². The highest BCUT2D eigenvalue weighted by Crippen LogP contribution is 2.13. The molecule has 0 spiro atoms. The second-order valence-electron chi connectivity index (χ2n) is 7.43. The zero-order valence-electron chi connectivity index (χ0n) is 16.2. The van der Waals surface area contributed by atoms with Crippen LogP contribution in [0.4, 0.5) is 4.79 Å². The Labute approximate surface area is 167 Å².